The van der Waals surface area contributed by atoms with E-state index in [0.717, 1.165) is 5.84 Å². The van der Waals surface area contributed by atoms with E-state index < -0.39 is 12.0 Å². The van der Waals surface area contributed by atoms with E-state index in [1.807, 2.05) is 26.0 Å². The normalized spacial score (nSPS) is 22.3. The molecule has 2 rings (SSSR count). The van der Waals surface area contributed by atoms with Crippen LogP contribution < -0.4 is 0 Å². The van der Waals surface area contributed by atoms with Crippen molar-refractivity contribution in [1.29, 1.82) is 0 Å². The van der Waals surface area contributed by atoms with Gasteiger partial charge in [-0.2, -0.15) is 0 Å². The predicted octanol–water partition coefficient (Wildman–Crippen LogP) is 1.26. The molecular formula is C10H14N2O2. The second kappa shape index (κ2) is 4.60. The summed E-state index contributed by atoms with van der Waals surface area (Å²) in [7, 11) is 0. The van der Waals surface area contributed by atoms with Crippen LogP contribution in [0.25, 0.3) is 0 Å². The fourth-order valence-electron chi connectivity index (χ4n) is 1.31. The van der Waals surface area contributed by atoms with Crippen molar-refractivity contribution >= 4 is 11.8 Å². The van der Waals surface area contributed by atoms with Crippen LogP contribution in [0, 0.1) is 0 Å². The van der Waals surface area contributed by atoms with Crippen molar-refractivity contribution in [2.24, 2.45) is 4.99 Å². The first-order valence-corrected chi connectivity index (χ1v) is 4.69. The molecule has 0 fully saturated rings. The second-order valence-electron chi connectivity index (χ2n) is 2.66. The van der Waals surface area contributed by atoms with Gasteiger partial charge in [0.2, 0.25) is 0 Å². The van der Waals surface area contributed by atoms with E-state index in [4.69, 9.17) is 5.11 Å². The first-order chi connectivity index (χ1) is 6.79. The van der Waals surface area contributed by atoms with Crippen molar-refractivity contribution in [3.63, 3.8) is 0 Å². The van der Waals surface area contributed by atoms with Gasteiger partial charge < -0.3 is 10.0 Å². The van der Waals surface area contributed by atoms with E-state index in [0.29, 0.717) is 6.54 Å². The Morgan fingerprint density at radius 1 is 1.57 bits per heavy atom. The Morgan fingerprint density at radius 2 is 2.29 bits per heavy atom. The maximum Gasteiger partial charge on any atom is 0.328 e. The van der Waals surface area contributed by atoms with Crippen LogP contribution in [-0.2, 0) is 4.79 Å². The molecule has 14 heavy (non-hydrogen) atoms. The molecule has 0 aromatic rings. The van der Waals surface area contributed by atoms with Gasteiger partial charge in [0, 0.05) is 6.20 Å². The average Bonchev–Trinajstić information content (AvgIpc) is 2.64. The highest BCUT2D eigenvalue weighted by molar-refractivity contribution is 5.99. The summed E-state index contributed by atoms with van der Waals surface area (Å²) >= 11 is 0. The highest BCUT2D eigenvalue weighted by Gasteiger charge is 2.30. The molecular weight excluding hydrogens is 180 g/mol. The standard InChI is InChI=1S/C8H8N2O2.C2H6/c11-8(12)6-5-9-7-3-1-2-4-10(6)7;1-2/h1-4,6H,5H2,(H,11,12);1-2H3. The number of carboxylic acid groups (broad SMARTS) is 1. The Balaban J connectivity index is 0.000000461. The van der Waals surface area contributed by atoms with Crippen LogP contribution >= 0.6 is 0 Å². The smallest absolute Gasteiger partial charge is 0.328 e. The third kappa shape index (κ3) is 1.84. The number of rotatable bonds is 1. The molecule has 0 saturated heterocycles. The van der Waals surface area contributed by atoms with Gasteiger partial charge in [-0.1, -0.05) is 19.9 Å². The molecule has 0 bridgehead atoms. The predicted molar refractivity (Wildman–Crippen MR) is 55.2 cm³/mol. The molecule has 0 aromatic carbocycles. The molecule has 2 aliphatic heterocycles. The summed E-state index contributed by atoms with van der Waals surface area (Å²) in [5, 5.41) is 8.78. The van der Waals surface area contributed by atoms with E-state index in [1.165, 1.54) is 0 Å². The minimum atomic E-state index is -0.825. The summed E-state index contributed by atoms with van der Waals surface area (Å²) in [6.45, 7) is 4.35. The molecule has 2 heterocycles. The molecule has 76 valence electrons. The highest BCUT2D eigenvalue weighted by atomic mass is 16.4. The third-order valence-electron chi connectivity index (χ3n) is 1.91. The van der Waals surface area contributed by atoms with Crippen LogP contribution in [0.2, 0.25) is 0 Å². The molecule has 0 spiro atoms. The fraction of sp³-hybridized carbons (Fsp3) is 0.400. The van der Waals surface area contributed by atoms with Gasteiger partial charge in [0.15, 0.2) is 6.04 Å². The number of hydrogen-bond donors (Lipinski definition) is 1. The average molecular weight is 194 g/mol. The molecule has 2 aliphatic rings. The quantitative estimate of drug-likeness (QED) is 0.683. The summed E-state index contributed by atoms with van der Waals surface area (Å²) in [6, 6.07) is -0.513. The number of aliphatic imine (C=N–C) groups is 1. The molecule has 0 radical (unpaired) electrons. The van der Waals surface area contributed by atoms with Crippen molar-refractivity contribution in [2.75, 3.05) is 6.54 Å². The fourth-order valence-corrected chi connectivity index (χ4v) is 1.31. The van der Waals surface area contributed by atoms with Gasteiger partial charge in [-0.3, -0.25) is 4.99 Å². The zero-order valence-corrected chi connectivity index (χ0v) is 8.34. The zero-order chi connectivity index (χ0) is 10.6. The minimum absolute atomic E-state index is 0.347. The van der Waals surface area contributed by atoms with Crippen LogP contribution in [0.5, 0.6) is 0 Å². The Kier molecular flexibility index (Phi) is 3.45. The number of hydrogen-bond acceptors (Lipinski definition) is 3. The molecule has 4 nitrogen and oxygen atoms in total. The van der Waals surface area contributed by atoms with E-state index in [9.17, 15) is 4.79 Å². The lowest BCUT2D eigenvalue weighted by atomic mass is 10.2. The number of allylic oxidation sites excluding steroid dienone is 2. The summed E-state index contributed by atoms with van der Waals surface area (Å²) in [5.74, 6) is -0.0846. The molecule has 0 amide bonds. The van der Waals surface area contributed by atoms with E-state index in [1.54, 1.807) is 17.2 Å². The van der Waals surface area contributed by atoms with Crippen LogP contribution in [-0.4, -0.2) is 34.4 Å². The first-order valence-electron chi connectivity index (χ1n) is 4.69. The number of amidine groups is 1. The van der Waals surface area contributed by atoms with Crippen molar-refractivity contribution in [2.45, 2.75) is 19.9 Å². The molecule has 1 N–H and O–H groups in total. The SMILES string of the molecule is CC.O=C(O)C1CN=C2C=CC=CN21. The van der Waals surface area contributed by atoms with E-state index >= 15 is 0 Å². The Bertz CT molecular complexity index is 305. The van der Waals surface area contributed by atoms with E-state index in [2.05, 4.69) is 4.99 Å². The lowest BCUT2D eigenvalue weighted by molar-refractivity contribution is -0.140. The summed E-state index contributed by atoms with van der Waals surface area (Å²) in [5.41, 5.74) is 0. The third-order valence-corrected chi connectivity index (χ3v) is 1.91. The van der Waals surface area contributed by atoms with Crippen LogP contribution in [0.15, 0.2) is 29.4 Å². The molecule has 0 saturated carbocycles. The van der Waals surface area contributed by atoms with Crippen LogP contribution in [0.3, 0.4) is 0 Å². The van der Waals surface area contributed by atoms with Gasteiger partial charge in [-0.15, -0.1) is 0 Å². The maximum absolute atomic E-state index is 10.7. The van der Waals surface area contributed by atoms with Gasteiger partial charge >= 0.3 is 5.97 Å². The van der Waals surface area contributed by atoms with E-state index in [-0.39, 0.29) is 0 Å². The van der Waals surface area contributed by atoms with Gasteiger partial charge in [-0.25, -0.2) is 4.79 Å². The highest BCUT2D eigenvalue weighted by Crippen LogP contribution is 2.15. The largest absolute Gasteiger partial charge is 0.480 e. The lowest BCUT2D eigenvalue weighted by Crippen LogP contribution is -2.38. The number of carboxylic acids is 1. The number of fused-ring (bicyclic) bond motifs is 1. The molecule has 1 atom stereocenters. The molecule has 0 aromatic heterocycles. The number of aliphatic carboxylic acids is 1. The van der Waals surface area contributed by atoms with Crippen molar-refractivity contribution in [3.8, 4) is 0 Å². The first kappa shape index (κ1) is 10.5. The molecule has 0 aliphatic carbocycles. The molecule has 1 unspecified atom stereocenters. The van der Waals surface area contributed by atoms with Gasteiger partial charge in [0.05, 0.1) is 6.54 Å². The topological polar surface area (TPSA) is 52.9 Å². The molecule has 4 heteroatoms. The van der Waals surface area contributed by atoms with Gasteiger partial charge in [0.1, 0.15) is 5.84 Å². The maximum atomic E-state index is 10.7. The van der Waals surface area contributed by atoms with Crippen molar-refractivity contribution < 1.29 is 9.90 Å². The summed E-state index contributed by atoms with van der Waals surface area (Å²) < 4.78 is 0. The number of nitrogens with zero attached hydrogens (tertiary/aromatic N) is 2. The van der Waals surface area contributed by atoms with Crippen LogP contribution in [0.1, 0.15) is 13.8 Å². The van der Waals surface area contributed by atoms with Gasteiger partial charge in [0.25, 0.3) is 0 Å². The second-order valence-corrected chi connectivity index (χ2v) is 2.66. The monoisotopic (exact) mass is 194 g/mol. The van der Waals surface area contributed by atoms with Gasteiger partial charge in [-0.05, 0) is 12.2 Å². The number of carbonyl (C=O) groups is 1. The Morgan fingerprint density at radius 3 is 2.93 bits per heavy atom. The summed E-state index contributed by atoms with van der Waals surface area (Å²) in [6.07, 6.45) is 7.20. The minimum Gasteiger partial charge on any atom is -0.480 e. The van der Waals surface area contributed by atoms with Crippen molar-refractivity contribution in [3.05, 3.63) is 24.4 Å². The Labute approximate surface area is 83.2 Å². The Hall–Kier alpha value is -1.58. The summed E-state index contributed by atoms with van der Waals surface area (Å²) in [4.78, 5) is 16.4. The van der Waals surface area contributed by atoms with Crippen LogP contribution in [0.4, 0.5) is 0 Å². The lowest BCUT2D eigenvalue weighted by Gasteiger charge is -2.20. The zero-order valence-electron chi connectivity index (χ0n) is 8.34. The van der Waals surface area contributed by atoms with Crippen molar-refractivity contribution in [1.82, 2.24) is 4.90 Å².